The first-order chi connectivity index (χ1) is 13.0. The number of halogens is 3. The molecule has 144 valence electrons. The van der Waals surface area contributed by atoms with Gasteiger partial charge in [-0.1, -0.05) is 71.7 Å². The molecule has 0 radical (unpaired) electrons. The second-order valence-electron chi connectivity index (χ2n) is 6.55. The highest BCUT2D eigenvalue weighted by Crippen LogP contribution is 2.27. The van der Waals surface area contributed by atoms with Crippen LogP contribution in [0.3, 0.4) is 0 Å². The lowest BCUT2D eigenvalue weighted by molar-refractivity contribution is -0.121. The number of carbonyl (C=O) groups is 1. The van der Waals surface area contributed by atoms with Gasteiger partial charge in [-0.25, -0.2) is 4.39 Å². The zero-order valence-electron chi connectivity index (χ0n) is 14.5. The van der Waals surface area contributed by atoms with Gasteiger partial charge < -0.3 is 15.7 Å². The van der Waals surface area contributed by atoms with E-state index in [0.29, 0.717) is 11.6 Å². The van der Waals surface area contributed by atoms with E-state index in [1.165, 1.54) is 5.56 Å². The van der Waals surface area contributed by atoms with Gasteiger partial charge in [-0.15, -0.1) is 0 Å². The first-order valence-electron chi connectivity index (χ1n) is 8.76. The van der Waals surface area contributed by atoms with Crippen molar-refractivity contribution >= 4 is 29.1 Å². The lowest BCUT2D eigenvalue weighted by atomic mass is 9.94. The van der Waals surface area contributed by atoms with Crippen LogP contribution < -0.4 is 10.6 Å². The molecule has 0 aliphatic carbocycles. The largest absolute Gasteiger partial charge is 0.386 e. The van der Waals surface area contributed by atoms with Crippen LogP contribution in [0.1, 0.15) is 29.7 Å². The predicted octanol–water partition coefficient (Wildman–Crippen LogP) is 3.68. The number of aliphatic hydroxyl groups excluding tert-OH is 1. The van der Waals surface area contributed by atoms with Gasteiger partial charge in [0.25, 0.3) is 5.91 Å². The van der Waals surface area contributed by atoms with Gasteiger partial charge in [-0.3, -0.25) is 4.79 Å². The van der Waals surface area contributed by atoms with Gasteiger partial charge in [0.1, 0.15) is 12.8 Å². The van der Waals surface area contributed by atoms with Gasteiger partial charge >= 0.3 is 0 Å². The monoisotopic (exact) mass is 410 g/mol. The molecule has 0 spiro atoms. The van der Waals surface area contributed by atoms with Gasteiger partial charge in [0.05, 0.1) is 6.04 Å². The first kappa shape index (κ1) is 20.1. The topological polar surface area (TPSA) is 61.4 Å². The maximum absolute atomic E-state index is 13.2. The fraction of sp³-hybridized carbons (Fsp3) is 0.350. The number of benzene rings is 2. The zero-order chi connectivity index (χ0) is 19.4. The Hall–Kier alpha value is -1.66. The van der Waals surface area contributed by atoms with E-state index in [-0.39, 0.29) is 0 Å². The maximum Gasteiger partial charge on any atom is 0.253 e. The second kappa shape index (κ2) is 9.02. The van der Waals surface area contributed by atoms with Crippen LogP contribution in [-0.4, -0.2) is 35.1 Å². The Bertz CT molecular complexity index is 765. The standard InChI is InChI=1S/C20H21Cl2FN2O2/c21-19(22)20(27)25-17(11-23)18(26)15-7-3-13(4-8-15)12-1-5-14(6-2-12)16-9-10-24-16/h1-8,16-19,24,26H,9-11H2,(H,25,27)/t16?,17-,18+/m1/s1. The highest BCUT2D eigenvalue weighted by molar-refractivity contribution is 6.53. The van der Waals surface area contributed by atoms with Crippen LogP contribution in [0.5, 0.6) is 0 Å². The van der Waals surface area contributed by atoms with Crippen molar-refractivity contribution in [2.45, 2.75) is 29.4 Å². The van der Waals surface area contributed by atoms with E-state index in [1.54, 1.807) is 12.1 Å². The van der Waals surface area contributed by atoms with E-state index >= 15 is 0 Å². The van der Waals surface area contributed by atoms with Crippen molar-refractivity contribution in [1.82, 2.24) is 10.6 Å². The molecule has 1 aliphatic rings. The number of amides is 1. The van der Waals surface area contributed by atoms with Crippen molar-refractivity contribution in [3.8, 4) is 11.1 Å². The summed E-state index contributed by atoms with van der Waals surface area (Å²) in [6, 6.07) is 14.8. The molecule has 3 rings (SSSR count). The Morgan fingerprint density at radius 1 is 1.15 bits per heavy atom. The van der Waals surface area contributed by atoms with Gasteiger partial charge in [-0.05, 0) is 35.2 Å². The zero-order valence-corrected chi connectivity index (χ0v) is 16.1. The van der Waals surface area contributed by atoms with Gasteiger partial charge in [0.15, 0.2) is 4.84 Å². The summed E-state index contributed by atoms with van der Waals surface area (Å²) in [7, 11) is 0. The summed E-state index contributed by atoms with van der Waals surface area (Å²) >= 11 is 10.9. The highest BCUT2D eigenvalue weighted by atomic mass is 35.5. The number of hydrogen-bond donors (Lipinski definition) is 3. The van der Waals surface area contributed by atoms with Crippen LogP contribution in [0.4, 0.5) is 4.39 Å². The van der Waals surface area contributed by atoms with Gasteiger partial charge in [-0.2, -0.15) is 0 Å². The Labute approximate surface area is 167 Å². The summed E-state index contributed by atoms with van der Waals surface area (Å²) in [5.74, 6) is -0.738. The lowest BCUT2D eigenvalue weighted by Crippen LogP contribution is -2.43. The number of rotatable bonds is 7. The summed E-state index contributed by atoms with van der Waals surface area (Å²) in [5.41, 5.74) is 3.82. The quantitative estimate of drug-likeness (QED) is 0.610. The Kier molecular flexibility index (Phi) is 6.71. The van der Waals surface area contributed by atoms with Gasteiger partial charge in [0, 0.05) is 6.04 Å². The van der Waals surface area contributed by atoms with E-state index in [0.717, 1.165) is 24.1 Å². The van der Waals surface area contributed by atoms with Crippen molar-refractivity contribution in [2.24, 2.45) is 0 Å². The van der Waals surface area contributed by atoms with Crippen LogP contribution in [0.15, 0.2) is 48.5 Å². The summed E-state index contributed by atoms with van der Waals surface area (Å²) in [6.07, 6.45) is -0.0426. The minimum Gasteiger partial charge on any atom is -0.386 e. The maximum atomic E-state index is 13.2. The molecule has 1 aliphatic heterocycles. The summed E-state index contributed by atoms with van der Waals surface area (Å²) in [4.78, 5) is 10.2. The van der Waals surface area contributed by atoms with E-state index in [2.05, 4.69) is 34.9 Å². The molecule has 0 saturated carbocycles. The molecule has 27 heavy (non-hydrogen) atoms. The van der Waals surface area contributed by atoms with Crippen molar-refractivity contribution < 1.29 is 14.3 Å². The van der Waals surface area contributed by atoms with E-state index in [1.807, 2.05) is 12.1 Å². The molecule has 1 unspecified atom stereocenters. The summed E-state index contributed by atoms with van der Waals surface area (Å²) < 4.78 is 13.2. The summed E-state index contributed by atoms with van der Waals surface area (Å²) in [5, 5.41) is 16.0. The van der Waals surface area contributed by atoms with Crippen LogP contribution in [0.2, 0.25) is 0 Å². The minimum absolute atomic E-state index is 0.449. The molecule has 1 saturated heterocycles. The fourth-order valence-corrected chi connectivity index (χ4v) is 3.16. The predicted molar refractivity (Wildman–Crippen MR) is 106 cm³/mol. The van der Waals surface area contributed by atoms with Crippen LogP contribution in [0.25, 0.3) is 11.1 Å². The van der Waals surface area contributed by atoms with Crippen molar-refractivity contribution in [3.05, 3.63) is 59.7 Å². The van der Waals surface area contributed by atoms with Crippen molar-refractivity contribution in [1.29, 1.82) is 0 Å². The molecule has 2 aromatic rings. The molecular formula is C20H21Cl2FN2O2. The molecule has 3 N–H and O–H groups in total. The molecule has 0 bridgehead atoms. The average Bonchev–Trinajstić information content (AvgIpc) is 2.64. The van der Waals surface area contributed by atoms with E-state index < -0.39 is 29.6 Å². The Morgan fingerprint density at radius 2 is 1.70 bits per heavy atom. The van der Waals surface area contributed by atoms with Crippen molar-refractivity contribution in [3.63, 3.8) is 0 Å². The van der Waals surface area contributed by atoms with Gasteiger partial charge in [0.2, 0.25) is 0 Å². The molecule has 2 aromatic carbocycles. The number of nitrogens with one attached hydrogen (secondary N) is 2. The molecule has 1 heterocycles. The lowest BCUT2D eigenvalue weighted by Gasteiger charge is -2.28. The third-order valence-corrected chi connectivity index (χ3v) is 5.19. The van der Waals surface area contributed by atoms with Crippen LogP contribution >= 0.6 is 23.2 Å². The smallest absolute Gasteiger partial charge is 0.253 e. The fourth-order valence-electron chi connectivity index (χ4n) is 3.03. The third kappa shape index (κ3) is 4.79. The first-order valence-corrected chi connectivity index (χ1v) is 9.63. The Morgan fingerprint density at radius 3 is 2.15 bits per heavy atom. The molecule has 0 aromatic heterocycles. The van der Waals surface area contributed by atoms with Crippen LogP contribution in [0, 0.1) is 0 Å². The highest BCUT2D eigenvalue weighted by Gasteiger charge is 2.25. The summed E-state index contributed by atoms with van der Waals surface area (Å²) in [6.45, 7) is 0.124. The van der Waals surface area contributed by atoms with Crippen LogP contribution in [-0.2, 0) is 4.79 Å². The number of hydrogen-bond acceptors (Lipinski definition) is 3. The average molecular weight is 411 g/mol. The number of alkyl halides is 3. The number of carbonyl (C=O) groups excluding carboxylic acids is 1. The SMILES string of the molecule is O=C(N[C@H](CF)[C@@H](O)c1ccc(-c2ccc(C3CCN3)cc2)cc1)C(Cl)Cl. The molecule has 1 fully saturated rings. The minimum atomic E-state index is -1.31. The Balaban J connectivity index is 1.69. The normalized spacial score (nSPS) is 18.6. The third-order valence-electron chi connectivity index (χ3n) is 4.80. The van der Waals surface area contributed by atoms with Crippen molar-refractivity contribution in [2.75, 3.05) is 13.2 Å². The van der Waals surface area contributed by atoms with E-state index in [9.17, 15) is 14.3 Å². The molecule has 3 atom stereocenters. The molecule has 1 amide bonds. The molecule has 4 nitrogen and oxygen atoms in total. The number of aliphatic hydroxyl groups is 1. The molecule has 7 heteroatoms. The van der Waals surface area contributed by atoms with E-state index in [4.69, 9.17) is 23.2 Å². The second-order valence-corrected chi connectivity index (χ2v) is 7.65. The molecular weight excluding hydrogens is 390 g/mol.